The molecule has 4 nitrogen and oxygen atoms in total. The predicted octanol–water partition coefficient (Wildman–Crippen LogP) is 2.10. The van der Waals surface area contributed by atoms with Crippen molar-refractivity contribution in [1.29, 1.82) is 0 Å². The van der Waals surface area contributed by atoms with E-state index in [4.69, 9.17) is 5.11 Å². The van der Waals surface area contributed by atoms with Crippen LogP contribution >= 0.6 is 0 Å². The van der Waals surface area contributed by atoms with Crippen LogP contribution in [0.5, 0.6) is 0 Å². The van der Waals surface area contributed by atoms with Crippen LogP contribution in [0.2, 0.25) is 0 Å². The van der Waals surface area contributed by atoms with Gasteiger partial charge in [0.15, 0.2) is 0 Å². The number of hydrogen-bond donors (Lipinski definition) is 2. The molecule has 0 atom stereocenters. The zero-order valence-corrected chi connectivity index (χ0v) is 11.2. The molecule has 104 valence electrons. The Morgan fingerprint density at radius 2 is 1.95 bits per heavy atom. The minimum Gasteiger partial charge on any atom is -0.481 e. The van der Waals surface area contributed by atoms with E-state index in [0.717, 1.165) is 45.2 Å². The lowest BCUT2D eigenvalue weighted by atomic mass is 9.82. The van der Waals surface area contributed by atoms with Gasteiger partial charge >= 0.3 is 5.97 Å². The number of carboxylic acids is 1. The van der Waals surface area contributed by atoms with Crippen molar-refractivity contribution in [3.8, 4) is 0 Å². The van der Waals surface area contributed by atoms with Gasteiger partial charge in [0.05, 0.1) is 5.92 Å². The second kappa shape index (κ2) is 7.24. The van der Waals surface area contributed by atoms with Gasteiger partial charge in [-0.1, -0.05) is 0 Å². The SMILES string of the molecule is O=C(O)C1CCC(CNCCc2ccncc2)CC1. The summed E-state index contributed by atoms with van der Waals surface area (Å²) >= 11 is 0. The summed E-state index contributed by atoms with van der Waals surface area (Å²) in [7, 11) is 0. The van der Waals surface area contributed by atoms with E-state index in [9.17, 15) is 4.79 Å². The monoisotopic (exact) mass is 262 g/mol. The third kappa shape index (κ3) is 4.63. The van der Waals surface area contributed by atoms with Gasteiger partial charge in [0.25, 0.3) is 0 Å². The summed E-state index contributed by atoms with van der Waals surface area (Å²) in [5.41, 5.74) is 1.30. The minimum absolute atomic E-state index is 0.104. The highest BCUT2D eigenvalue weighted by molar-refractivity contribution is 5.69. The molecular formula is C15H22N2O2. The molecule has 1 heterocycles. The average Bonchev–Trinajstić information content (AvgIpc) is 2.45. The van der Waals surface area contributed by atoms with E-state index in [2.05, 4.69) is 10.3 Å². The molecule has 1 fully saturated rings. The molecule has 1 aliphatic carbocycles. The maximum Gasteiger partial charge on any atom is 0.306 e. The molecule has 0 aromatic carbocycles. The molecule has 1 saturated carbocycles. The summed E-state index contributed by atoms with van der Waals surface area (Å²) in [6, 6.07) is 4.08. The fraction of sp³-hybridized carbons (Fsp3) is 0.600. The second-order valence-corrected chi connectivity index (χ2v) is 5.37. The first-order valence-corrected chi connectivity index (χ1v) is 7.08. The molecule has 19 heavy (non-hydrogen) atoms. The van der Waals surface area contributed by atoms with E-state index in [1.54, 1.807) is 0 Å². The van der Waals surface area contributed by atoms with Crippen molar-refractivity contribution in [3.63, 3.8) is 0 Å². The molecular weight excluding hydrogens is 240 g/mol. The minimum atomic E-state index is -0.621. The van der Waals surface area contributed by atoms with Gasteiger partial charge in [0, 0.05) is 12.4 Å². The zero-order chi connectivity index (χ0) is 13.5. The van der Waals surface area contributed by atoms with Crippen LogP contribution in [0, 0.1) is 11.8 Å². The van der Waals surface area contributed by atoms with E-state index >= 15 is 0 Å². The van der Waals surface area contributed by atoms with E-state index in [1.807, 2.05) is 24.5 Å². The topological polar surface area (TPSA) is 62.2 Å². The smallest absolute Gasteiger partial charge is 0.306 e. The van der Waals surface area contributed by atoms with Gasteiger partial charge in [0.2, 0.25) is 0 Å². The van der Waals surface area contributed by atoms with Crippen molar-refractivity contribution in [2.45, 2.75) is 32.1 Å². The van der Waals surface area contributed by atoms with Crippen LogP contribution in [-0.4, -0.2) is 29.1 Å². The van der Waals surface area contributed by atoms with Crippen LogP contribution in [0.3, 0.4) is 0 Å². The van der Waals surface area contributed by atoms with Crippen molar-refractivity contribution in [1.82, 2.24) is 10.3 Å². The standard InChI is InChI=1S/C15H22N2O2/c18-15(19)14-3-1-13(2-4-14)11-17-10-7-12-5-8-16-9-6-12/h5-6,8-9,13-14,17H,1-4,7,10-11H2,(H,18,19). The molecule has 0 spiro atoms. The molecule has 1 aromatic heterocycles. The molecule has 0 unspecified atom stereocenters. The van der Waals surface area contributed by atoms with Crippen molar-refractivity contribution >= 4 is 5.97 Å². The predicted molar refractivity (Wildman–Crippen MR) is 73.9 cm³/mol. The number of aromatic nitrogens is 1. The van der Waals surface area contributed by atoms with Crippen LogP contribution in [0.4, 0.5) is 0 Å². The van der Waals surface area contributed by atoms with Crippen LogP contribution in [0.1, 0.15) is 31.2 Å². The van der Waals surface area contributed by atoms with Gasteiger partial charge in [0.1, 0.15) is 0 Å². The molecule has 2 rings (SSSR count). The first-order chi connectivity index (χ1) is 9.25. The number of hydrogen-bond acceptors (Lipinski definition) is 3. The van der Waals surface area contributed by atoms with Gasteiger partial charge in [-0.25, -0.2) is 0 Å². The Labute approximate surface area is 114 Å². The number of carboxylic acid groups (broad SMARTS) is 1. The molecule has 2 N–H and O–H groups in total. The Balaban J connectivity index is 1.58. The Hall–Kier alpha value is -1.42. The highest BCUT2D eigenvalue weighted by Crippen LogP contribution is 2.28. The third-order valence-electron chi connectivity index (χ3n) is 3.97. The number of nitrogens with zero attached hydrogens (tertiary/aromatic N) is 1. The summed E-state index contributed by atoms with van der Waals surface area (Å²) < 4.78 is 0. The molecule has 0 amide bonds. The van der Waals surface area contributed by atoms with E-state index in [0.29, 0.717) is 5.92 Å². The summed E-state index contributed by atoms with van der Waals surface area (Å²) in [4.78, 5) is 14.9. The van der Waals surface area contributed by atoms with Crippen molar-refractivity contribution < 1.29 is 9.90 Å². The molecule has 1 aromatic rings. The van der Waals surface area contributed by atoms with Crippen LogP contribution in [0.25, 0.3) is 0 Å². The van der Waals surface area contributed by atoms with E-state index < -0.39 is 5.97 Å². The summed E-state index contributed by atoms with van der Waals surface area (Å²) in [5.74, 6) is -0.0785. The van der Waals surface area contributed by atoms with Crippen LogP contribution in [-0.2, 0) is 11.2 Å². The number of rotatable bonds is 6. The number of aliphatic carboxylic acids is 1. The van der Waals surface area contributed by atoms with Crippen molar-refractivity contribution in [3.05, 3.63) is 30.1 Å². The van der Waals surface area contributed by atoms with Crippen LogP contribution in [0.15, 0.2) is 24.5 Å². The first-order valence-electron chi connectivity index (χ1n) is 7.08. The quantitative estimate of drug-likeness (QED) is 0.771. The fourth-order valence-electron chi connectivity index (χ4n) is 2.70. The second-order valence-electron chi connectivity index (χ2n) is 5.37. The summed E-state index contributed by atoms with van der Waals surface area (Å²) in [5, 5.41) is 12.4. The van der Waals surface area contributed by atoms with Crippen molar-refractivity contribution in [2.24, 2.45) is 11.8 Å². The number of carbonyl (C=O) groups is 1. The average molecular weight is 262 g/mol. The Morgan fingerprint density at radius 3 is 2.58 bits per heavy atom. The lowest BCUT2D eigenvalue weighted by molar-refractivity contribution is -0.143. The number of pyridine rings is 1. The lowest BCUT2D eigenvalue weighted by Gasteiger charge is -2.26. The molecule has 0 saturated heterocycles. The Bertz CT molecular complexity index is 386. The highest BCUT2D eigenvalue weighted by atomic mass is 16.4. The maximum absolute atomic E-state index is 10.9. The summed E-state index contributed by atoms with van der Waals surface area (Å²) in [6.07, 6.45) is 8.43. The van der Waals surface area contributed by atoms with E-state index in [-0.39, 0.29) is 5.92 Å². The highest BCUT2D eigenvalue weighted by Gasteiger charge is 2.25. The Kier molecular flexibility index (Phi) is 5.33. The van der Waals surface area contributed by atoms with Gasteiger partial charge in [-0.05, 0) is 68.8 Å². The third-order valence-corrected chi connectivity index (χ3v) is 3.97. The van der Waals surface area contributed by atoms with Gasteiger partial charge in [-0.2, -0.15) is 0 Å². The molecule has 0 radical (unpaired) electrons. The molecule has 0 bridgehead atoms. The first kappa shape index (κ1) is 14.0. The van der Waals surface area contributed by atoms with Crippen molar-refractivity contribution in [2.75, 3.05) is 13.1 Å². The largest absolute Gasteiger partial charge is 0.481 e. The fourth-order valence-corrected chi connectivity index (χ4v) is 2.70. The van der Waals surface area contributed by atoms with E-state index in [1.165, 1.54) is 5.56 Å². The zero-order valence-electron chi connectivity index (χ0n) is 11.2. The summed E-state index contributed by atoms with van der Waals surface area (Å²) in [6.45, 7) is 1.99. The Morgan fingerprint density at radius 1 is 1.26 bits per heavy atom. The molecule has 4 heteroatoms. The lowest BCUT2D eigenvalue weighted by Crippen LogP contribution is -2.29. The number of nitrogens with one attached hydrogen (secondary N) is 1. The van der Waals surface area contributed by atoms with Gasteiger partial charge < -0.3 is 10.4 Å². The maximum atomic E-state index is 10.9. The molecule has 0 aliphatic heterocycles. The normalized spacial score (nSPS) is 23.2. The van der Waals surface area contributed by atoms with Gasteiger partial charge in [-0.3, -0.25) is 9.78 Å². The van der Waals surface area contributed by atoms with Crippen LogP contribution < -0.4 is 5.32 Å². The molecule has 1 aliphatic rings. The van der Waals surface area contributed by atoms with Gasteiger partial charge in [-0.15, -0.1) is 0 Å².